The van der Waals surface area contributed by atoms with Gasteiger partial charge in [-0.25, -0.2) is 4.79 Å². The monoisotopic (exact) mass is 220 g/mol. The van der Waals surface area contributed by atoms with Gasteiger partial charge < -0.3 is 15.8 Å². The van der Waals surface area contributed by atoms with Gasteiger partial charge in [0, 0.05) is 12.6 Å². The number of amides is 1. The fourth-order valence-corrected chi connectivity index (χ4v) is 1.05. The normalized spacial score (nSPS) is 13.4. The molecule has 3 N–H and O–H groups in total. The highest BCUT2D eigenvalue weighted by Gasteiger charge is 2.18. The van der Waals surface area contributed by atoms with Gasteiger partial charge in [-0.05, 0) is 33.6 Å². The molecule has 0 aliphatic rings. The number of carbonyl (C=O) groups is 1. The van der Waals surface area contributed by atoms with E-state index in [2.05, 4.69) is 5.32 Å². The number of hydrogen-bond acceptors (Lipinski definition) is 3. The highest BCUT2D eigenvalue weighted by Crippen LogP contribution is 2.07. The van der Waals surface area contributed by atoms with Gasteiger partial charge in [0.15, 0.2) is 0 Å². The maximum absolute atomic E-state index is 11.9. The molecule has 5 heteroatoms. The molecule has 0 radical (unpaired) electrons. The molecular formula is C10H21FN2O2. The average Bonchev–Trinajstić information content (AvgIpc) is 2.09. The first-order valence-corrected chi connectivity index (χ1v) is 5.14. The van der Waals surface area contributed by atoms with Gasteiger partial charge in [-0.2, -0.15) is 0 Å². The Bertz CT molecular complexity index is 192. The molecule has 0 bridgehead atoms. The Kier molecular flexibility index (Phi) is 6.24. The molecule has 1 amide bonds. The molecule has 0 aromatic heterocycles. The van der Waals surface area contributed by atoms with Crippen molar-refractivity contribution in [1.29, 1.82) is 0 Å². The molecular weight excluding hydrogens is 199 g/mol. The van der Waals surface area contributed by atoms with Crippen molar-refractivity contribution in [1.82, 2.24) is 5.32 Å². The van der Waals surface area contributed by atoms with E-state index in [0.29, 0.717) is 19.4 Å². The molecule has 0 saturated heterocycles. The Balaban J connectivity index is 3.91. The summed E-state index contributed by atoms with van der Waals surface area (Å²) in [6, 6.07) is -0.212. The smallest absolute Gasteiger partial charge is 0.407 e. The summed E-state index contributed by atoms with van der Waals surface area (Å²) in [5, 5.41) is 2.61. The van der Waals surface area contributed by atoms with Crippen LogP contribution >= 0.6 is 0 Å². The van der Waals surface area contributed by atoms with Crippen molar-refractivity contribution in [2.45, 2.75) is 45.3 Å². The lowest BCUT2D eigenvalue weighted by molar-refractivity contribution is 0.0502. The SMILES string of the molecule is CC(C)(C)OC(=O)NC(CN)CCCF. The van der Waals surface area contributed by atoms with Gasteiger partial charge in [0.1, 0.15) is 5.60 Å². The number of nitrogens with two attached hydrogens (primary N) is 1. The Morgan fingerprint density at radius 2 is 2.13 bits per heavy atom. The quantitative estimate of drug-likeness (QED) is 0.739. The van der Waals surface area contributed by atoms with Crippen molar-refractivity contribution in [3.05, 3.63) is 0 Å². The summed E-state index contributed by atoms with van der Waals surface area (Å²) in [5.41, 5.74) is 4.91. The van der Waals surface area contributed by atoms with Crippen molar-refractivity contribution >= 4 is 6.09 Å². The van der Waals surface area contributed by atoms with E-state index in [-0.39, 0.29) is 6.04 Å². The largest absolute Gasteiger partial charge is 0.444 e. The molecule has 0 spiro atoms. The van der Waals surface area contributed by atoms with Crippen molar-refractivity contribution in [2.75, 3.05) is 13.2 Å². The Morgan fingerprint density at radius 3 is 2.53 bits per heavy atom. The van der Waals surface area contributed by atoms with Crippen LogP contribution in [0.15, 0.2) is 0 Å². The summed E-state index contributed by atoms with van der Waals surface area (Å²) >= 11 is 0. The summed E-state index contributed by atoms with van der Waals surface area (Å²) in [7, 11) is 0. The highest BCUT2D eigenvalue weighted by molar-refractivity contribution is 5.68. The van der Waals surface area contributed by atoms with E-state index in [4.69, 9.17) is 10.5 Å². The van der Waals surface area contributed by atoms with Crippen LogP contribution in [-0.2, 0) is 4.74 Å². The number of alkyl carbamates (subject to hydrolysis) is 1. The molecule has 0 aromatic carbocycles. The molecule has 0 heterocycles. The van der Waals surface area contributed by atoms with Crippen molar-refractivity contribution in [3.63, 3.8) is 0 Å². The summed E-state index contributed by atoms with van der Waals surface area (Å²) < 4.78 is 17.0. The number of ether oxygens (including phenoxy) is 1. The zero-order valence-corrected chi connectivity index (χ0v) is 9.68. The minimum atomic E-state index is -0.524. The minimum Gasteiger partial charge on any atom is -0.444 e. The highest BCUT2D eigenvalue weighted by atomic mass is 19.1. The molecule has 90 valence electrons. The molecule has 1 atom stereocenters. The van der Waals surface area contributed by atoms with Crippen molar-refractivity contribution < 1.29 is 13.9 Å². The summed E-state index contributed by atoms with van der Waals surface area (Å²) in [6.45, 7) is 5.24. The molecule has 15 heavy (non-hydrogen) atoms. The van der Waals surface area contributed by atoms with E-state index in [1.807, 2.05) is 0 Å². The van der Waals surface area contributed by atoms with Crippen LogP contribution in [0.3, 0.4) is 0 Å². The van der Waals surface area contributed by atoms with E-state index in [9.17, 15) is 9.18 Å². The first kappa shape index (κ1) is 14.2. The molecule has 0 aliphatic heterocycles. The van der Waals surface area contributed by atoms with Gasteiger partial charge in [-0.1, -0.05) is 0 Å². The van der Waals surface area contributed by atoms with Crippen LogP contribution in [0, 0.1) is 0 Å². The summed E-state index contributed by atoms with van der Waals surface area (Å²) in [6.07, 6.45) is 0.431. The zero-order valence-electron chi connectivity index (χ0n) is 9.68. The van der Waals surface area contributed by atoms with Crippen LogP contribution in [0.4, 0.5) is 9.18 Å². The van der Waals surface area contributed by atoms with Crippen LogP contribution in [0.25, 0.3) is 0 Å². The molecule has 0 rings (SSSR count). The molecule has 4 nitrogen and oxygen atoms in total. The second kappa shape index (κ2) is 6.61. The number of rotatable bonds is 5. The van der Waals surface area contributed by atoms with E-state index >= 15 is 0 Å². The lowest BCUT2D eigenvalue weighted by Gasteiger charge is -2.22. The standard InChI is InChI=1S/C10H21FN2O2/c1-10(2,3)15-9(14)13-8(7-12)5-4-6-11/h8H,4-7,12H2,1-3H3,(H,13,14). The van der Waals surface area contributed by atoms with E-state index < -0.39 is 18.4 Å². The Hall–Kier alpha value is -0.840. The number of halogens is 1. The molecule has 0 aliphatic carbocycles. The lowest BCUT2D eigenvalue weighted by atomic mass is 10.1. The molecule has 0 aromatic rings. The number of carbonyl (C=O) groups excluding carboxylic acids is 1. The number of nitrogens with one attached hydrogen (secondary N) is 1. The molecule has 0 saturated carbocycles. The van der Waals surface area contributed by atoms with Crippen LogP contribution < -0.4 is 11.1 Å². The lowest BCUT2D eigenvalue weighted by Crippen LogP contribution is -2.43. The maximum atomic E-state index is 11.9. The first-order valence-electron chi connectivity index (χ1n) is 5.14. The predicted molar refractivity (Wildman–Crippen MR) is 57.4 cm³/mol. The first-order chi connectivity index (χ1) is 6.89. The van der Waals surface area contributed by atoms with Gasteiger partial charge in [0.2, 0.25) is 0 Å². The number of alkyl halides is 1. The van der Waals surface area contributed by atoms with E-state index in [1.165, 1.54) is 0 Å². The summed E-state index contributed by atoms with van der Waals surface area (Å²) in [5.74, 6) is 0. The third kappa shape index (κ3) is 8.17. The predicted octanol–water partition coefficient (Wildman–Crippen LogP) is 1.59. The third-order valence-corrected chi connectivity index (χ3v) is 1.69. The van der Waals surface area contributed by atoms with Crippen molar-refractivity contribution in [2.24, 2.45) is 5.73 Å². The molecule has 0 fully saturated rings. The molecule has 1 unspecified atom stereocenters. The van der Waals surface area contributed by atoms with Gasteiger partial charge in [0.05, 0.1) is 6.67 Å². The number of hydrogen-bond donors (Lipinski definition) is 2. The van der Waals surface area contributed by atoms with E-state index in [0.717, 1.165) is 0 Å². The second-order valence-electron chi connectivity index (χ2n) is 4.41. The zero-order chi connectivity index (χ0) is 11.9. The average molecular weight is 220 g/mol. The van der Waals surface area contributed by atoms with Crippen LogP contribution in [-0.4, -0.2) is 31.0 Å². The van der Waals surface area contributed by atoms with Gasteiger partial charge in [-0.3, -0.25) is 4.39 Å². The van der Waals surface area contributed by atoms with Crippen molar-refractivity contribution in [3.8, 4) is 0 Å². The van der Waals surface area contributed by atoms with Crippen LogP contribution in [0.2, 0.25) is 0 Å². The van der Waals surface area contributed by atoms with E-state index in [1.54, 1.807) is 20.8 Å². The third-order valence-electron chi connectivity index (χ3n) is 1.69. The van der Waals surface area contributed by atoms with Gasteiger partial charge >= 0.3 is 6.09 Å². The van der Waals surface area contributed by atoms with Gasteiger partial charge in [0.25, 0.3) is 0 Å². The Morgan fingerprint density at radius 1 is 1.53 bits per heavy atom. The van der Waals surface area contributed by atoms with Crippen LogP contribution in [0.1, 0.15) is 33.6 Å². The second-order valence-corrected chi connectivity index (χ2v) is 4.41. The summed E-state index contributed by atoms with van der Waals surface area (Å²) in [4.78, 5) is 11.3. The van der Waals surface area contributed by atoms with Gasteiger partial charge in [-0.15, -0.1) is 0 Å². The minimum absolute atomic E-state index is 0.212. The van der Waals surface area contributed by atoms with Crippen LogP contribution in [0.5, 0.6) is 0 Å². The fourth-order valence-electron chi connectivity index (χ4n) is 1.05. The Labute approximate surface area is 90.4 Å². The maximum Gasteiger partial charge on any atom is 0.407 e. The fraction of sp³-hybridized carbons (Fsp3) is 0.900. The topological polar surface area (TPSA) is 64.3 Å².